The Kier molecular flexibility index (Phi) is 2.34. The lowest BCUT2D eigenvalue weighted by Crippen LogP contribution is -2.29. The Hall–Kier alpha value is -1.42. The number of para-hydroxylation sites is 1. The van der Waals surface area contributed by atoms with Gasteiger partial charge in [-0.3, -0.25) is 10.1 Å². The standard InChI is InChI=1S/C9H12N2O2/c1-9(2,10)7-5-3-4-6-8(7)11(12)13/h3-6H,10H2,1-2H3. The molecule has 0 radical (unpaired) electrons. The highest BCUT2D eigenvalue weighted by Gasteiger charge is 2.23. The molecule has 2 N–H and O–H groups in total. The second-order valence-electron chi connectivity index (χ2n) is 3.50. The minimum atomic E-state index is -0.677. The van der Waals surface area contributed by atoms with E-state index in [9.17, 15) is 10.1 Å². The second kappa shape index (κ2) is 3.14. The van der Waals surface area contributed by atoms with Crippen molar-refractivity contribution in [3.05, 3.63) is 39.9 Å². The molecular weight excluding hydrogens is 168 g/mol. The molecular formula is C9H12N2O2. The summed E-state index contributed by atoms with van der Waals surface area (Å²) >= 11 is 0. The van der Waals surface area contributed by atoms with Crippen molar-refractivity contribution in [2.75, 3.05) is 0 Å². The number of hydrogen-bond acceptors (Lipinski definition) is 3. The molecule has 0 saturated heterocycles. The molecule has 4 nitrogen and oxygen atoms in total. The van der Waals surface area contributed by atoms with Crippen LogP contribution in [-0.2, 0) is 5.54 Å². The Balaban J connectivity index is 3.28. The van der Waals surface area contributed by atoms with Crippen LogP contribution >= 0.6 is 0 Å². The fraction of sp³-hybridized carbons (Fsp3) is 0.333. The molecule has 0 atom stereocenters. The smallest absolute Gasteiger partial charge is 0.274 e. The summed E-state index contributed by atoms with van der Waals surface area (Å²) in [5.74, 6) is 0. The summed E-state index contributed by atoms with van der Waals surface area (Å²) in [5, 5.41) is 10.6. The fourth-order valence-electron chi connectivity index (χ4n) is 1.18. The van der Waals surface area contributed by atoms with Crippen LogP contribution < -0.4 is 5.73 Å². The average molecular weight is 180 g/mol. The van der Waals surface area contributed by atoms with Gasteiger partial charge in [0.1, 0.15) is 0 Å². The average Bonchev–Trinajstić information content (AvgIpc) is 2.03. The summed E-state index contributed by atoms with van der Waals surface area (Å²) in [6.07, 6.45) is 0. The molecule has 0 aliphatic carbocycles. The number of benzene rings is 1. The predicted octanol–water partition coefficient (Wildman–Crippen LogP) is 1.79. The van der Waals surface area contributed by atoms with Crippen molar-refractivity contribution in [1.82, 2.24) is 0 Å². The van der Waals surface area contributed by atoms with Crippen LogP contribution in [-0.4, -0.2) is 4.92 Å². The summed E-state index contributed by atoms with van der Waals surface area (Å²) in [6, 6.07) is 6.52. The van der Waals surface area contributed by atoms with E-state index in [1.54, 1.807) is 32.0 Å². The number of rotatable bonds is 2. The monoisotopic (exact) mass is 180 g/mol. The number of hydrogen-bond donors (Lipinski definition) is 1. The van der Waals surface area contributed by atoms with E-state index in [4.69, 9.17) is 5.73 Å². The number of nitro groups is 1. The van der Waals surface area contributed by atoms with Gasteiger partial charge in [-0.2, -0.15) is 0 Å². The predicted molar refractivity (Wildman–Crippen MR) is 50.3 cm³/mol. The van der Waals surface area contributed by atoms with Crippen LogP contribution in [0.15, 0.2) is 24.3 Å². The molecule has 1 rings (SSSR count). The highest BCUT2D eigenvalue weighted by molar-refractivity contribution is 5.43. The van der Waals surface area contributed by atoms with Crippen LogP contribution in [0.5, 0.6) is 0 Å². The molecule has 0 unspecified atom stereocenters. The maximum atomic E-state index is 10.6. The van der Waals surface area contributed by atoms with E-state index >= 15 is 0 Å². The van der Waals surface area contributed by atoms with Crippen LogP contribution in [0.25, 0.3) is 0 Å². The van der Waals surface area contributed by atoms with Crippen molar-refractivity contribution in [2.24, 2.45) is 5.73 Å². The molecule has 0 amide bonds. The fourth-order valence-corrected chi connectivity index (χ4v) is 1.18. The van der Waals surface area contributed by atoms with Gasteiger partial charge in [0.05, 0.1) is 4.92 Å². The van der Waals surface area contributed by atoms with Crippen LogP contribution in [0.4, 0.5) is 5.69 Å². The van der Waals surface area contributed by atoms with E-state index in [1.165, 1.54) is 6.07 Å². The Labute approximate surface area is 76.5 Å². The maximum absolute atomic E-state index is 10.6. The van der Waals surface area contributed by atoms with Gasteiger partial charge in [0.2, 0.25) is 0 Å². The first-order valence-electron chi connectivity index (χ1n) is 3.95. The third kappa shape index (κ3) is 2.03. The Morgan fingerprint density at radius 3 is 2.31 bits per heavy atom. The van der Waals surface area contributed by atoms with Gasteiger partial charge in [0.15, 0.2) is 0 Å². The van der Waals surface area contributed by atoms with Crippen LogP contribution in [0, 0.1) is 10.1 Å². The third-order valence-corrected chi connectivity index (χ3v) is 1.79. The van der Waals surface area contributed by atoms with E-state index in [1.807, 2.05) is 0 Å². The Morgan fingerprint density at radius 2 is 1.92 bits per heavy atom. The Bertz CT molecular complexity index is 329. The minimum absolute atomic E-state index is 0.0787. The van der Waals surface area contributed by atoms with Crippen molar-refractivity contribution < 1.29 is 4.92 Å². The molecule has 0 saturated carbocycles. The molecule has 1 aromatic carbocycles. The van der Waals surface area contributed by atoms with Crippen molar-refractivity contribution in [3.63, 3.8) is 0 Å². The zero-order valence-corrected chi connectivity index (χ0v) is 7.65. The molecule has 0 aromatic heterocycles. The molecule has 4 heteroatoms. The van der Waals surface area contributed by atoms with Crippen molar-refractivity contribution in [1.29, 1.82) is 0 Å². The van der Waals surface area contributed by atoms with Crippen LogP contribution in [0.1, 0.15) is 19.4 Å². The first-order valence-corrected chi connectivity index (χ1v) is 3.95. The van der Waals surface area contributed by atoms with Crippen molar-refractivity contribution in [3.8, 4) is 0 Å². The summed E-state index contributed by atoms with van der Waals surface area (Å²) < 4.78 is 0. The molecule has 0 spiro atoms. The highest BCUT2D eigenvalue weighted by Crippen LogP contribution is 2.26. The summed E-state index contributed by atoms with van der Waals surface area (Å²) in [6.45, 7) is 3.49. The van der Waals surface area contributed by atoms with E-state index in [0.717, 1.165) is 0 Å². The largest absolute Gasteiger partial charge is 0.322 e. The lowest BCUT2D eigenvalue weighted by Gasteiger charge is -2.18. The van der Waals surface area contributed by atoms with Gasteiger partial charge in [-0.15, -0.1) is 0 Å². The number of nitro benzene ring substituents is 1. The van der Waals surface area contributed by atoms with Gasteiger partial charge < -0.3 is 5.73 Å². The first kappa shape index (κ1) is 9.67. The highest BCUT2D eigenvalue weighted by atomic mass is 16.6. The third-order valence-electron chi connectivity index (χ3n) is 1.79. The molecule has 1 aromatic rings. The minimum Gasteiger partial charge on any atom is -0.322 e. The quantitative estimate of drug-likeness (QED) is 0.557. The molecule has 0 aliphatic rings. The first-order chi connectivity index (χ1) is 5.93. The van der Waals surface area contributed by atoms with Gasteiger partial charge in [0.25, 0.3) is 5.69 Å². The number of nitrogens with two attached hydrogens (primary N) is 1. The topological polar surface area (TPSA) is 69.2 Å². The molecule has 0 bridgehead atoms. The molecule has 0 heterocycles. The Morgan fingerprint density at radius 1 is 1.38 bits per heavy atom. The molecule has 13 heavy (non-hydrogen) atoms. The second-order valence-corrected chi connectivity index (χ2v) is 3.50. The van der Waals surface area contributed by atoms with Gasteiger partial charge in [0, 0.05) is 17.2 Å². The van der Waals surface area contributed by atoms with E-state index in [-0.39, 0.29) is 5.69 Å². The molecule has 0 fully saturated rings. The van der Waals surface area contributed by atoms with Crippen molar-refractivity contribution >= 4 is 5.69 Å². The van der Waals surface area contributed by atoms with Crippen LogP contribution in [0.3, 0.4) is 0 Å². The number of nitrogens with zero attached hydrogens (tertiary/aromatic N) is 1. The lowest BCUT2D eigenvalue weighted by atomic mass is 9.94. The molecule has 0 aliphatic heterocycles. The molecule has 70 valence electrons. The van der Waals surface area contributed by atoms with E-state index in [0.29, 0.717) is 5.56 Å². The SMILES string of the molecule is CC(C)(N)c1ccccc1[N+](=O)[O-]. The zero-order valence-electron chi connectivity index (χ0n) is 7.65. The normalized spacial score (nSPS) is 11.3. The summed E-state index contributed by atoms with van der Waals surface area (Å²) in [7, 11) is 0. The van der Waals surface area contributed by atoms with E-state index < -0.39 is 10.5 Å². The van der Waals surface area contributed by atoms with Crippen LogP contribution in [0.2, 0.25) is 0 Å². The van der Waals surface area contributed by atoms with Gasteiger partial charge >= 0.3 is 0 Å². The maximum Gasteiger partial charge on any atom is 0.274 e. The zero-order chi connectivity index (χ0) is 10.1. The summed E-state index contributed by atoms with van der Waals surface area (Å²) in [5.41, 5.74) is 5.75. The van der Waals surface area contributed by atoms with Gasteiger partial charge in [-0.25, -0.2) is 0 Å². The van der Waals surface area contributed by atoms with Crippen molar-refractivity contribution in [2.45, 2.75) is 19.4 Å². The van der Waals surface area contributed by atoms with Gasteiger partial charge in [-0.05, 0) is 13.8 Å². The van der Waals surface area contributed by atoms with E-state index in [2.05, 4.69) is 0 Å². The summed E-state index contributed by atoms with van der Waals surface area (Å²) in [4.78, 5) is 10.2. The lowest BCUT2D eigenvalue weighted by molar-refractivity contribution is -0.386. The van der Waals surface area contributed by atoms with Gasteiger partial charge in [-0.1, -0.05) is 18.2 Å².